The number of benzene rings is 2. The number of nitrogens with zero attached hydrogens (tertiary/aromatic N) is 2. The van der Waals surface area contributed by atoms with Gasteiger partial charge >= 0.3 is 0 Å². The Bertz CT molecular complexity index is 777. The maximum absolute atomic E-state index is 13.3. The van der Waals surface area contributed by atoms with E-state index in [1.54, 1.807) is 36.5 Å². The van der Waals surface area contributed by atoms with Gasteiger partial charge in [-0.25, -0.2) is 14.4 Å². The molecular formula is C16H11ClFN3. The first-order valence-corrected chi connectivity index (χ1v) is 6.70. The van der Waals surface area contributed by atoms with Gasteiger partial charge in [-0.3, -0.25) is 0 Å². The van der Waals surface area contributed by atoms with Crippen molar-refractivity contribution < 1.29 is 4.39 Å². The summed E-state index contributed by atoms with van der Waals surface area (Å²) in [4.78, 5) is 8.53. The predicted octanol–water partition coefficient (Wildman–Crippen LogP) is 4.68. The van der Waals surface area contributed by atoms with Gasteiger partial charge in [0, 0.05) is 22.5 Å². The van der Waals surface area contributed by atoms with Crippen LogP contribution in [-0.4, -0.2) is 9.97 Å². The summed E-state index contributed by atoms with van der Waals surface area (Å²) in [5, 5.41) is 3.70. The molecule has 104 valence electrons. The molecule has 21 heavy (non-hydrogen) atoms. The largest absolute Gasteiger partial charge is 0.324 e. The molecule has 0 saturated heterocycles. The van der Waals surface area contributed by atoms with E-state index >= 15 is 0 Å². The second-order valence-corrected chi connectivity index (χ2v) is 4.85. The van der Waals surface area contributed by atoms with Crippen molar-refractivity contribution in [2.45, 2.75) is 0 Å². The predicted molar refractivity (Wildman–Crippen MR) is 82.2 cm³/mol. The molecule has 0 atom stereocenters. The summed E-state index contributed by atoms with van der Waals surface area (Å²) in [7, 11) is 0. The van der Waals surface area contributed by atoms with Gasteiger partial charge < -0.3 is 5.32 Å². The number of aromatic nitrogens is 2. The van der Waals surface area contributed by atoms with E-state index in [9.17, 15) is 4.39 Å². The average Bonchev–Trinajstić information content (AvgIpc) is 2.47. The molecule has 0 aliphatic carbocycles. The van der Waals surface area contributed by atoms with E-state index in [2.05, 4.69) is 15.3 Å². The Morgan fingerprint density at radius 2 is 1.86 bits per heavy atom. The number of rotatable bonds is 3. The van der Waals surface area contributed by atoms with E-state index in [4.69, 9.17) is 11.6 Å². The van der Waals surface area contributed by atoms with Gasteiger partial charge in [-0.1, -0.05) is 29.8 Å². The molecule has 5 heteroatoms. The van der Waals surface area contributed by atoms with Crippen molar-refractivity contribution in [3.05, 3.63) is 71.6 Å². The first kappa shape index (κ1) is 13.5. The Balaban J connectivity index is 1.90. The van der Waals surface area contributed by atoms with Gasteiger partial charge in [-0.2, -0.15) is 0 Å². The molecule has 0 spiro atoms. The third-order valence-electron chi connectivity index (χ3n) is 2.86. The van der Waals surface area contributed by atoms with E-state index < -0.39 is 0 Å². The lowest BCUT2D eigenvalue weighted by Crippen LogP contribution is -1.97. The van der Waals surface area contributed by atoms with Crippen molar-refractivity contribution in [1.82, 2.24) is 9.97 Å². The van der Waals surface area contributed by atoms with Crippen molar-refractivity contribution in [3.63, 3.8) is 0 Å². The van der Waals surface area contributed by atoms with Crippen molar-refractivity contribution in [2.75, 3.05) is 5.32 Å². The second kappa shape index (κ2) is 5.89. The fourth-order valence-corrected chi connectivity index (χ4v) is 2.11. The minimum absolute atomic E-state index is 0.296. The van der Waals surface area contributed by atoms with Crippen LogP contribution in [0.15, 0.2) is 60.8 Å². The summed E-state index contributed by atoms with van der Waals surface area (Å²) in [6.45, 7) is 0. The topological polar surface area (TPSA) is 37.8 Å². The van der Waals surface area contributed by atoms with Crippen LogP contribution in [0.3, 0.4) is 0 Å². The molecule has 1 aromatic heterocycles. The highest BCUT2D eigenvalue weighted by molar-refractivity contribution is 6.30. The first-order valence-electron chi connectivity index (χ1n) is 6.32. The number of halogens is 2. The fraction of sp³-hybridized carbons (Fsp3) is 0. The molecule has 0 bridgehead atoms. The molecule has 1 N–H and O–H groups in total. The molecule has 0 fully saturated rings. The van der Waals surface area contributed by atoms with Crippen LogP contribution in [0.2, 0.25) is 5.02 Å². The van der Waals surface area contributed by atoms with E-state index in [0.717, 1.165) is 5.69 Å². The Morgan fingerprint density at radius 1 is 1.00 bits per heavy atom. The lowest BCUT2D eigenvalue weighted by Gasteiger charge is -2.07. The molecule has 0 unspecified atom stereocenters. The van der Waals surface area contributed by atoms with Gasteiger partial charge in [0.25, 0.3) is 0 Å². The van der Waals surface area contributed by atoms with Gasteiger partial charge in [-0.15, -0.1) is 0 Å². The zero-order valence-corrected chi connectivity index (χ0v) is 11.7. The Morgan fingerprint density at radius 3 is 2.67 bits per heavy atom. The third-order valence-corrected chi connectivity index (χ3v) is 3.09. The molecule has 1 heterocycles. The Kier molecular flexibility index (Phi) is 3.79. The molecule has 0 aliphatic heterocycles. The lowest BCUT2D eigenvalue weighted by atomic mass is 10.1. The van der Waals surface area contributed by atoms with Crippen LogP contribution in [0.5, 0.6) is 0 Å². The second-order valence-electron chi connectivity index (χ2n) is 4.41. The van der Waals surface area contributed by atoms with Gasteiger partial charge in [0.15, 0.2) is 0 Å². The minimum atomic E-state index is -0.296. The number of hydrogen-bond acceptors (Lipinski definition) is 3. The molecule has 3 aromatic rings. The van der Waals surface area contributed by atoms with Crippen LogP contribution in [0.4, 0.5) is 16.0 Å². The van der Waals surface area contributed by atoms with Crippen LogP contribution < -0.4 is 5.32 Å². The molecular weight excluding hydrogens is 289 g/mol. The Hall–Kier alpha value is -2.46. The molecule has 0 amide bonds. The summed E-state index contributed by atoms with van der Waals surface area (Å²) in [6, 6.07) is 15.3. The van der Waals surface area contributed by atoms with E-state index in [1.807, 2.05) is 12.1 Å². The summed E-state index contributed by atoms with van der Waals surface area (Å²) in [5.74, 6) is 0.134. The maximum Gasteiger partial charge on any atom is 0.227 e. The maximum atomic E-state index is 13.3. The van der Waals surface area contributed by atoms with Gasteiger partial charge in [0.1, 0.15) is 5.82 Å². The average molecular weight is 300 g/mol. The van der Waals surface area contributed by atoms with Gasteiger partial charge in [-0.05, 0) is 36.4 Å². The highest BCUT2D eigenvalue weighted by Crippen LogP contribution is 2.21. The molecule has 3 nitrogen and oxygen atoms in total. The van der Waals surface area contributed by atoms with E-state index in [-0.39, 0.29) is 5.82 Å². The quantitative estimate of drug-likeness (QED) is 0.763. The SMILES string of the molecule is Fc1cccc(-c2ccnc(Nc3cccc(Cl)c3)n2)c1. The Labute approximate surface area is 126 Å². The lowest BCUT2D eigenvalue weighted by molar-refractivity contribution is 0.628. The molecule has 0 saturated carbocycles. The third kappa shape index (κ3) is 3.35. The standard InChI is InChI=1S/C16H11ClFN3/c17-12-4-2-6-14(10-12)20-16-19-8-7-15(21-16)11-3-1-5-13(18)9-11/h1-10H,(H,19,20,21). The van der Waals surface area contributed by atoms with Crippen molar-refractivity contribution in [2.24, 2.45) is 0 Å². The summed E-state index contributed by atoms with van der Waals surface area (Å²) in [5.41, 5.74) is 2.14. The van der Waals surface area contributed by atoms with Gasteiger partial charge in [0.2, 0.25) is 5.95 Å². The smallest absolute Gasteiger partial charge is 0.227 e. The van der Waals surface area contributed by atoms with E-state index in [1.165, 1.54) is 12.1 Å². The zero-order chi connectivity index (χ0) is 14.7. The van der Waals surface area contributed by atoms with Crippen molar-refractivity contribution in [3.8, 4) is 11.3 Å². The molecule has 0 aliphatic rings. The highest BCUT2D eigenvalue weighted by Gasteiger charge is 2.04. The molecule has 3 rings (SSSR count). The van der Waals surface area contributed by atoms with Crippen LogP contribution in [0.25, 0.3) is 11.3 Å². The van der Waals surface area contributed by atoms with Crippen molar-refractivity contribution in [1.29, 1.82) is 0 Å². The van der Waals surface area contributed by atoms with Crippen LogP contribution >= 0.6 is 11.6 Å². The highest BCUT2D eigenvalue weighted by atomic mass is 35.5. The van der Waals surface area contributed by atoms with E-state index in [0.29, 0.717) is 22.2 Å². The molecule has 2 aromatic carbocycles. The van der Waals surface area contributed by atoms with Crippen LogP contribution in [0.1, 0.15) is 0 Å². The van der Waals surface area contributed by atoms with Crippen LogP contribution in [-0.2, 0) is 0 Å². The van der Waals surface area contributed by atoms with Crippen LogP contribution in [0, 0.1) is 5.82 Å². The monoisotopic (exact) mass is 299 g/mol. The first-order chi connectivity index (χ1) is 10.2. The minimum Gasteiger partial charge on any atom is -0.324 e. The van der Waals surface area contributed by atoms with Gasteiger partial charge in [0.05, 0.1) is 5.69 Å². The number of nitrogens with one attached hydrogen (secondary N) is 1. The van der Waals surface area contributed by atoms with Crippen molar-refractivity contribution >= 4 is 23.2 Å². The molecule has 0 radical (unpaired) electrons. The fourth-order valence-electron chi connectivity index (χ4n) is 1.92. The normalized spacial score (nSPS) is 10.4. The zero-order valence-electron chi connectivity index (χ0n) is 10.9. The summed E-state index contributed by atoms with van der Waals surface area (Å²) in [6.07, 6.45) is 1.63. The number of anilines is 2. The number of hydrogen-bond donors (Lipinski definition) is 1. The summed E-state index contributed by atoms with van der Waals surface area (Å²) < 4.78 is 13.3. The summed E-state index contributed by atoms with van der Waals surface area (Å²) >= 11 is 5.93.